The summed E-state index contributed by atoms with van der Waals surface area (Å²) in [5.41, 5.74) is 0. The van der Waals surface area contributed by atoms with Gasteiger partial charge in [-0.3, -0.25) is 14.4 Å². The van der Waals surface area contributed by atoms with Gasteiger partial charge in [-0.15, -0.1) is 0 Å². The molecule has 0 unspecified atom stereocenters. The van der Waals surface area contributed by atoms with E-state index in [9.17, 15) is 19.5 Å². The first-order valence-corrected chi connectivity index (χ1v) is 18.6. The Morgan fingerprint density at radius 2 is 0.952 bits per heavy atom. The van der Waals surface area contributed by atoms with Gasteiger partial charge in [-0.1, -0.05) is 154 Å². The van der Waals surface area contributed by atoms with Crippen LogP contribution in [0.3, 0.4) is 0 Å². The second-order valence-electron chi connectivity index (χ2n) is 11.9. The van der Waals surface area contributed by atoms with E-state index in [0.717, 1.165) is 50.7 Å². The highest BCUT2D eigenvalue weighted by Crippen LogP contribution is 2.15. The van der Waals surface area contributed by atoms with Crippen LogP contribution >= 0.6 is 11.8 Å². The lowest BCUT2D eigenvalue weighted by Crippen LogP contribution is -2.28. The van der Waals surface area contributed by atoms with Gasteiger partial charge in [0, 0.05) is 25.5 Å². The van der Waals surface area contributed by atoms with E-state index < -0.39 is 6.10 Å². The standard InChI is InChI=1S/C35H66O6S/c1-3-4-5-6-7-8-9-10-12-16-19-22-25-28-35(39)41-33(30-36)31-40-34(38)27-24-21-18-15-13-11-14-17-20-23-26-29-42-32(2)37/h33,36H,3-31H2,1-2H3/t33-/m0/s1. The van der Waals surface area contributed by atoms with E-state index in [1.807, 2.05) is 0 Å². The van der Waals surface area contributed by atoms with Gasteiger partial charge in [0.2, 0.25) is 0 Å². The maximum Gasteiger partial charge on any atom is 0.306 e. The van der Waals surface area contributed by atoms with Crippen LogP contribution in [0.2, 0.25) is 0 Å². The summed E-state index contributed by atoms with van der Waals surface area (Å²) in [6.07, 6.45) is 29.1. The first-order chi connectivity index (χ1) is 20.5. The molecule has 7 heteroatoms. The number of thioether (sulfide) groups is 1. The fourth-order valence-electron chi connectivity index (χ4n) is 5.09. The molecule has 1 N–H and O–H groups in total. The number of esters is 2. The molecule has 0 aliphatic carbocycles. The van der Waals surface area contributed by atoms with Crippen molar-refractivity contribution >= 4 is 28.8 Å². The molecule has 1 atom stereocenters. The molecule has 0 bridgehead atoms. The molecule has 0 heterocycles. The van der Waals surface area contributed by atoms with Gasteiger partial charge >= 0.3 is 11.9 Å². The van der Waals surface area contributed by atoms with Crippen LogP contribution in [-0.2, 0) is 23.9 Å². The van der Waals surface area contributed by atoms with E-state index in [4.69, 9.17) is 9.47 Å². The summed E-state index contributed by atoms with van der Waals surface area (Å²) >= 11 is 1.43. The molecule has 0 saturated heterocycles. The fourth-order valence-corrected chi connectivity index (χ4v) is 5.73. The van der Waals surface area contributed by atoms with Crippen LogP contribution in [0, 0.1) is 0 Å². The lowest BCUT2D eigenvalue weighted by molar-refractivity contribution is -0.161. The van der Waals surface area contributed by atoms with Gasteiger partial charge in [0.15, 0.2) is 11.2 Å². The maximum absolute atomic E-state index is 12.1. The second kappa shape index (κ2) is 32.8. The third kappa shape index (κ3) is 31.8. The summed E-state index contributed by atoms with van der Waals surface area (Å²) in [6, 6.07) is 0. The monoisotopic (exact) mass is 614 g/mol. The van der Waals surface area contributed by atoms with E-state index >= 15 is 0 Å². The van der Waals surface area contributed by atoms with Crippen molar-refractivity contribution in [3.05, 3.63) is 0 Å². The molecule has 0 spiro atoms. The first kappa shape index (κ1) is 40.9. The smallest absolute Gasteiger partial charge is 0.306 e. The van der Waals surface area contributed by atoms with Crippen molar-refractivity contribution in [1.82, 2.24) is 0 Å². The Morgan fingerprint density at radius 1 is 0.571 bits per heavy atom. The highest BCUT2D eigenvalue weighted by Gasteiger charge is 2.16. The van der Waals surface area contributed by atoms with E-state index in [1.54, 1.807) is 6.92 Å². The van der Waals surface area contributed by atoms with Crippen LogP contribution in [0.5, 0.6) is 0 Å². The average Bonchev–Trinajstić information content (AvgIpc) is 2.97. The molecule has 248 valence electrons. The lowest BCUT2D eigenvalue weighted by atomic mass is 10.0. The number of carbonyl (C=O) groups excluding carboxylic acids is 3. The molecule has 42 heavy (non-hydrogen) atoms. The zero-order chi connectivity index (χ0) is 30.9. The molecule has 0 rings (SSSR count). The summed E-state index contributed by atoms with van der Waals surface area (Å²) in [4.78, 5) is 35.0. The molecule has 0 aromatic heterocycles. The molecule has 0 aromatic carbocycles. The Balaban J connectivity index is 3.52. The van der Waals surface area contributed by atoms with Crippen molar-refractivity contribution in [2.75, 3.05) is 19.0 Å². The molecular formula is C35H66O6S. The minimum absolute atomic E-state index is 0.0742. The Kier molecular flexibility index (Phi) is 32.0. The van der Waals surface area contributed by atoms with Crippen molar-refractivity contribution in [3.63, 3.8) is 0 Å². The molecule has 0 amide bonds. The zero-order valence-electron chi connectivity index (χ0n) is 27.5. The van der Waals surface area contributed by atoms with Crippen molar-refractivity contribution in [1.29, 1.82) is 0 Å². The predicted octanol–water partition coefficient (Wildman–Crippen LogP) is 9.88. The molecule has 0 fully saturated rings. The van der Waals surface area contributed by atoms with Crippen LogP contribution in [-0.4, -0.2) is 47.2 Å². The van der Waals surface area contributed by atoms with Gasteiger partial charge in [-0.25, -0.2) is 0 Å². The topological polar surface area (TPSA) is 89.9 Å². The fraction of sp³-hybridized carbons (Fsp3) is 0.914. The summed E-state index contributed by atoms with van der Waals surface area (Å²) in [5, 5.41) is 9.73. The third-order valence-electron chi connectivity index (χ3n) is 7.75. The lowest BCUT2D eigenvalue weighted by Gasteiger charge is -2.15. The summed E-state index contributed by atoms with van der Waals surface area (Å²) in [5.74, 6) is 0.345. The Morgan fingerprint density at radius 3 is 1.36 bits per heavy atom. The van der Waals surface area contributed by atoms with Crippen LogP contribution in [0.1, 0.15) is 181 Å². The van der Waals surface area contributed by atoms with Crippen molar-refractivity contribution in [2.45, 2.75) is 187 Å². The number of ether oxygens (including phenoxy) is 2. The number of unbranched alkanes of at least 4 members (excludes halogenated alkanes) is 22. The Bertz CT molecular complexity index is 627. The molecule has 0 aliphatic heterocycles. The van der Waals surface area contributed by atoms with Crippen molar-refractivity contribution < 1.29 is 29.0 Å². The SMILES string of the molecule is CCCCCCCCCCCCCCCC(=O)O[C@@H](CO)COC(=O)CCCCCCCCCCCCCSC(C)=O. The number of aliphatic hydroxyl groups excluding tert-OH is 1. The number of rotatable bonds is 32. The Labute approximate surface area is 263 Å². The maximum atomic E-state index is 12.1. The van der Waals surface area contributed by atoms with Crippen molar-refractivity contribution in [3.8, 4) is 0 Å². The quantitative estimate of drug-likeness (QED) is 0.0596. The molecule has 0 radical (unpaired) electrons. The highest BCUT2D eigenvalue weighted by atomic mass is 32.2. The van der Waals surface area contributed by atoms with E-state index in [1.165, 1.54) is 121 Å². The molecule has 0 aliphatic rings. The van der Waals surface area contributed by atoms with E-state index in [-0.39, 0.29) is 30.3 Å². The van der Waals surface area contributed by atoms with Gasteiger partial charge in [-0.05, 0) is 19.3 Å². The van der Waals surface area contributed by atoms with E-state index in [0.29, 0.717) is 12.8 Å². The van der Waals surface area contributed by atoms with E-state index in [2.05, 4.69) is 6.92 Å². The molecule has 0 saturated carbocycles. The summed E-state index contributed by atoms with van der Waals surface area (Å²) in [7, 11) is 0. The second-order valence-corrected chi connectivity index (χ2v) is 13.2. The average molecular weight is 615 g/mol. The minimum Gasteiger partial charge on any atom is -0.462 e. The Hall–Kier alpha value is -1.08. The largest absolute Gasteiger partial charge is 0.462 e. The molecule has 0 aromatic rings. The summed E-state index contributed by atoms with van der Waals surface area (Å²) in [6.45, 7) is 3.48. The minimum atomic E-state index is -0.775. The highest BCUT2D eigenvalue weighted by molar-refractivity contribution is 8.13. The zero-order valence-corrected chi connectivity index (χ0v) is 28.3. The van der Waals surface area contributed by atoms with Gasteiger partial charge in [0.25, 0.3) is 0 Å². The first-order valence-electron chi connectivity index (χ1n) is 17.6. The molecular weight excluding hydrogens is 548 g/mol. The third-order valence-corrected chi connectivity index (χ3v) is 8.65. The normalized spacial score (nSPS) is 11.9. The number of hydrogen-bond donors (Lipinski definition) is 1. The van der Waals surface area contributed by atoms with Gasteiger partial charge in [0.05, 0.1) is 6.61 Å². The van der Waals surface area contributed by atoms with Gasteiger partial charge in [-0.2, -0.15) is 0 Å². The van der Waals surface area contributed by atoms with Gasteiger partial charge < -0.3 is 14.6 Å². The van der Waals surface area contributed by atoms with Gasteiger partial charge in [0.1, 0.15) is 6.61 Å². The number of hydrogen-bond acceptors (Lipinski definition) is 7. The van der Waals surface area contributed by atoms with Crippen molar-refractivity contribution in [2.24, 2.45) is 0 Å². The predicted molar refractivity (Wildman–Crippen MR) is 177 cm³/mol. The molecule has 6 nitrogen and oxygen atoms in total. The summed E-state index contributed by atoms with van der Waals surface area (Å²) < 4.78 is 10.6. The number of aliphatic hydroxyl groups is 1. The van der Waals surface area contributed by atoms with Crippen LogP contribution in [0.4, 0.5) is 0 Å². The number of carbonyl (C=O) groups is 3. The van der Waals surface area contributed by atoms with Crippen LogP contribution in [0.25, 0.3) is 0 Å². The van der Waals surface area contributed by atoms with Crippen LogP contribution in [0.15, 0.2) is 0 Å². The van der Waals surface area contributed by atoms with Crippen LogP contribution < -0.4 is 0 Å².